The van der Waals surface area contributed by atoms with Gasteiger partial charge in [0.15, 0.2) is 5.82 Å². The number of ether oxygens (including phenoxy) is 1. The number of nitrogens with one attached hydrogen (secondary N) is 2. The number of anilines is 2. The van der Waals surface area contributed by atoms with Crippen molar-refractivity contribution in [1.29, 1.82) is 0 Å². The Labute approximate surface area is 163 Å². The van der Waals surface area contributed by atoms with Gasteiger partial charge in [-0.2, -0.15) is 10.1 Å². The minimum absolute atomic E-state index is 0.0435. The Kier molecular flexibility index (Phi) is 5.38. The van der Waals surface area contributed by atoms with Crippen molar-refractivity contribution in [2.75, 3.05) is 25.0 Å². The first-order valence-electron chi connectivity index (χ1n) is 9.89. The zero-order chi connectivity index (χ0) is 19.5. The molecule has 1 aromatic carbocycles. The molecule has 0 unspecified atom stereocenters. The van der Waals surface area contributed by atoms with E-state index in [4.69, 9.17) is 4.74 Å². The fourth-order valence-electron chi connectivity index (χ4n) is 3.78. The van der Waals surface area contributed by atoms with Gasteiger partial charge in [0.1, 0.15) is 0 Å². The van der Waals surface area contributed by atoms with E-state index in [9.17, 15) is 9.59 Å². The minimum atomic E-state index is -0.632. The summed E-state index contributed by atoms with van der Waals surface area (Å²) < 4.78 is 4.97. The first kappa shape index (κ1) is 18.6. The van der Waals surface area contributed by atoms with Gasteiger partial charge in [-0.25, -0.2) is 14.7 Å². The van der Waals surface area contributed by atoms with Crippen LogP contribution in [0.15, 0.2) is 29.1 Å². The first-order chi connectivity index (χ1) is 13.6. The zero-order valence-electron chi connectivity index (χ0n) is 16.0. The lowest BCUT2D eigenvalue weighted by Gasteiger charge is -2.32. The van der Waals surface area contributed by atoms with Crippen LogP contribution in [-0.2, 0) is 4.74 Å². The molecule has 0 amide bonds. The van der Waals surface area contributed by atoms with Gasteiger partial charge in [-0.3, -0.25) is 0 Å². The number of esters is 1. The van der Waals surface area contributed by atoms with E-state index >= 15 is 0 Å². The van der Waals surface area contributed by atoms with Crippen LogP contribution >= 0.6 is 0 Å². The number of H-pyrrole nitrogens is 1. The summed E-state index contributed by atoms with van der Waals surface area (Å²) in [6, 6.07) is 8.94. The molecule has 2 N–H and O–H groups in total. The highest BCUT2D eigenvalue weighted by molar-refractivity contribution is 5.92. The van der Waals surface area contributed by atoms with E-state index < -0.39 is 11.7 Å². The lowest BCUT2D eigenvalue weighted by molar-refractivity contribution is 0.0518. The molecule has 0 bridgehead atoms. The number of aromatic amines is 1. The number of carbonyl (C=O) groups is 1. The number of likely N-dealkylation sites (tertiary alicyclic amines) is 1. The predicted octanol–water partition coefficient (Wildman–Crippen LogP) is 2.43. The second-order valence-electron chi connectivity index (χ2n) is 7.35. The van der Waals surface area contributed by atoms with Crippen LogP contribution in [0.25, 0.3) is 0 Å². The predicted molar refractivity (Wildman–Crippen MR) is 105 cm³/mol. The third-order valence-corrected chi connectivity index (χ3v) is 5.41. The van der Waals surface area contributed by atoms with Crippen LogP contribution in [0.5, 0.6) is 0 Å². The number of hydrogen-bond donors (Lipinski definition) is 2. The Morgan fingerprint density at radius 2 is 1.93 bits per heavy atom. The molecule has 28 heavy (non-hydrogen) atoms. The van der Waals surface area contributed by atoms with Gasteiger partial charge in [-0.05, 0) is 69.3 Å². The molecule has 1 aromatic heterocycles. The Morgan fingerprint density at radius 1 is 1.21 bits per heavy atom. The van der Waals surface area contributed by atoms with Crippen LogP contribution in [-0.4, -0.2) is 51.8 Å². The van der Waals surface area contributed by atoms with Crippen molar-refractivity contribution < 1.29 is 9.53 Å². The van der Waals surface area contributed by atoms with E-state index in [2.05, 4.69) is 37.5 Å². The molecule has 8 nitrogen and oxygen atoms in total. The third-order valence-electron chi connectivity index (χ3n) is 5.41. The molecule has 2 fully saturated rings. The lowest BCUT2D eigenvalue weighted by atomic mass is 9.89. The van der Waals surface area contributed by atoms with E-state index in [0.29, 0.717) is 5.92 Å². The standard InChI is InChI=1S/C20H25N5O3/c1-2-28-19(26)17-18(22-20(27)24-23-17)21-15-5-3-13(4-6-15)14-9-11-25(12-10-14)16-7-8-16/h3-6,14,16H,2,7-12H2,1H3,(H2,21,22,24,27). The largest absolute Gasteiger partial charge is 0.461 e. The summed E-state index contributed by atoms with van der Waals surface area (Å²) in [6.07, 6.45) is 5.11. The van der Waals surface area contributed by atoms with Crippen LogP contribution in [0.1, 0.15) is 54.6 Å². The monoisotopic (exact) mass is 383 g/mol. The normalized spacial score (nSPS) is 18.0. The van der Waals surface area contributed by atoms with Crippen LogP contribution in [0.2, 0.25) is 0 Å². The molecule has 2 aliphatic rings. The first-order valence-corrected chi connectivity index (χ1v) is 9.89. The van der Waals surface area contributed by atoms with Crippen molar-refractivity contribution >= 4 is 17.5 Å². The highest BCUT2D eigenvalue weighted by Gasteiger charge is 2.32. The van der Waals surface area contributed by atoms with E-state index in [-0.39, 0.29) is 18.1 Å². The van der Waals surface area contributed by atoms with E-state index in [1.807, 2.05) is 12.1 Å². The SMILES string of the molecule is CCOC(=O)c1n[nH]c(=O)nc1Nc1ccc(C2CCN(C3CC3)CC2)cc1. The molecule has 2 heterocycles. The van der Waals surface area contributed by atoms with Crippen molar-refractivity contribution in [1.82, 2.24) is 20.1 Å². The molecular formula is C20H25N5O3. The second-order valence-corrected chi connectivity index (χ2v) is 7.35. The molecular weight excluding hydrogens is 358 g/mol. The number of rotatable bonds is 6. The molecule has 0 spiro atoms. The number of carbonyl (C=O) groups excluding carboxylic acids is 1. The molecule has 1 aliphatic heterocycles. The van der Waals surface area contributed by atoms with Crippen LogP contribution in [0.4, 0.5) is 11.5 Å². The number of piperidine rings is 1. The second kappa shape index (κ2) is 8.10. The molecule has 2 aromatic rings. The summed E-state index contributed by atoms with van der Waals surface area (Å²) in [5.41, 5.74) is 1.39. The molecule has 148 valence electrons. The average Bonchev–Trinajstić information content (AvgIpc) is 3.54. The van der Waals surface area contributed by atoms with Gasteiger partial charge >= 0.3 is 11.7 Å². The van der Waals surface area contributed by atoms with Gasteiger partial charge in [0, 0.05) is 11.7 Å². The third kappa shape index (κ3) is 4.22. The summed E-state index contributed by atoms with van der Waals surface area (Å²) in [5.74, 6) is 0.0407. The van der Waals surface area contributed by atoms with Crippen LogP contribution < -0.4 is 11.0 Å². The summed E-state index contributed by atoms with van der Waals surface area (Å²) in [6.45, 7) is 4.28. The van der Waals surface area contributed by atoms with Gasteiger partial charge in [0.05, 0.1) is 6.61 Å². The Morgan fingerprint density at radius 3 is 2.57 bits per heavy atom. The van der Waals surface area contributed by atoms with Crippen molar-refractivity contribution in [2.45, 2.75) is 44.6 Å². The van der Waals surface area contributed by atoms with Crippen LogP contribution in [0, 0.1) is 0 Å². The highest BCUT2D eigenvalue weighted by atomic mass is 16.5. The summed E-state index contributed by atoms with van der Waals surface area (Å²) in [5, 5.41) is 8.95. The molecule has 1 saturated heterocycles. The van der Waals surface area contributed by atoms with Crippen molar-refractivity contribution in [3.05, 3.63) is 46.0 Å². The van der Waals surface area contributed by atoms with Gasteiger partial charge in [-0.15, -0.1) is 0 Å². The van der Waals surface area contributed by atoms with Gasteiger partial charge in [-0.1, -0.05) is 12.1 Å². The summed E-state index contributed by atoms with van der Waals surface area (Å²) in [7, 11) is 0. The summed E-state index contributed by atoms with van der Waals surface area (Å²) >= 11 is 0. The minimum Gasteiger partial charge on any atom is -0.461 e. The molecule has 1 aliphatic carbocycles. The van der Waals surface area contributed by atoms with Crippen LogP contribution in [0.3, 0.4) is 0 Å². The Hall–Kier alpha value is -2.74. The number of aromatic nitrogens is 3. The maximum absolute atomic E-state index is 12.0. The fourth-order valence-corrected chi connectivity index (χ4v) is 3.78. The number of nitrogens with zero attached hydrogens (tertiary/aromatic N) is 3. The smallest absolute Gasteiger partial charge is 0.363 e. The van der Waals surface area contributed by atoms with Gasteiger partial charge in [0.25, 0.3) is 0 Å². The van der Waals surface area contributed by atoms with Crippen molar-refractivity contribution in [3.63, 3.8) is 0 Å². The van der Waals surface area contributed by atoms with E-state index in [1.165, 1.54) is 44.3 Å². The van der Waals surface area contributed by atoms with Gasteiger partial charge in [0.2, 0.25) is 5.69 Å². The highest BCUT2D eigenvalue weighted by Crippen LogP contribution is 2.34. The topological polar surface area (TPSA) is 100 Å². The number of benzene rings is 1. The van der Waals surface area contributed by atoms with Crippen molar-refractivity contribution in [2.24, 2.45) is 0 Å². The Balaban J connectivity index is 1.44. The average molecular weight is 383 g/mol. The quantitative estimate of drug-likeness (QED) is 0.739. The number of hydrogen-bond acceptors (Lipinski definition) is 7. The fraction of sp³-hybridized carbons (Fsp3) is 0.500. The molecule has 1 saturated carbocycles. The molecule has 0 atom stereocenters. The van der Waals surface area contributed by atoms with Gasteiger partial charge < -0.3 is 15.0 Å². The zero-order valence-corrected chi connectivity index (χ0v) is 16.0. The molecule has 8 heteroatoms. The molecule has 0 radical (unpaired) electrons. The van der Waals surface area contributed by atoms with E-state index in [1.54, 1.807) is 6.92 Å². The maximum atomic E-state index is 12.0. The van der Waals surface area contributed by atoms with E-state index in [0.717, 1.165) is 11.7 Å². The summed E-state index contributed by atoms with van der Waals surface area (Å²) in [4.78, 5) is 30.0. The Bertz CT molecular complexity index is 883. The lowest BCUT2D eigenvalue weighted by Crippen LogP contribution is -2.34. The maximum Gasteiger partial charge on any atom is 0.363 e. The molecule has 4 rings (SSSR count). The van der Waals surface area contributed by atoms with Crippen molar-refractivity contribution in [3.8, 4) is 0 Å².